The second-order valence-corrected chi connectivity index (χ2v) is 8.65. The van der Waals surface area contributed by atoms with Gasteiger partial charge in [0.2, 0.25) is 10.0 Å². The van der Waals surface area contributed by atoms with Gasteiger partial charge in [0, 0.05) is 5.69 Å². The van der Waals surface area contributed by atoms with Crippen LogP contribution in [0.4, 0.5) is 5.69 Å². The molecule has 2 N–H and O–H groups in total. The number of hydrogen-bond donors (Lipinski definition) is 2. The third-order valence-corrected chi connectivity index (χ3v) is 6.47. The summed E-state index contributed by atoms with van der Waals surface area (Å²) in [5, 5.41) is 3.52. The number of para-hydroxylation sites is 1. The monoisotopic (exact) mass is 378 g/mol. The van der Waals surface area contributed by atoms with Crippen LogP contribution in [-0.4, -0.2) is 14.5 Å². The molecule has 0 fully saturated rings. The van der Waals surface area contributed by atoms with Crippen molar-refractivity contribution in [2.45, 2.75) is 30.3 Å². The highest BCUT2D eigenvalue weighted by molar-refractivity contribution is 7.89. The van der Waals surface area contributed by atoms with Gasteiger partial charge in [0.05, 0.1) is 17.0 Å². The summed E-state index contributed by atoms with van der Waals surface area (Å²) in [6.45, 7) is 1.94. The predicted octanol–water partition coefficient (Wildman–Crippen LogP) is 4.05. The number of benzene rings is 3. The molecule has 138 valence electrons. The minimum atomic E-state index is -3.61. The molecule has 1 heterocycles. The Morgan fingerprint density at radius 3 is 2.30 bits per heavy atom. The number of rotatable bonds is 4. The van der Waals surface area contributed by atoms with Crippen LogP contribution in [0.1, 0.15) is 22.7 Å². The van der Waals surface area contributed by atoms with E-state index < -0.39 is 10.0 Å². The zero-order valence-electron chi connectivity index (χ0n) is 15.1. The van der Waals surface area contributed by atoms with Gasteiger partial charge in [0.1, 0.15) is 0 Å². The van der Waals surface area contributed by atoms with Gasteiger partial charge in [0.15, 0.2) is 0 Å². The molecule has 1 aliphatic heterocycles. The lowest BCUT2D eigenvalue weighted by molar-refractivity contribution is 0.493. The van der Waals surface area contributed by atoms with Crippen LogP contribution in [0.25, 0.3) is 0 Å². The molecule has 27 heavy (non-hydrogen) atoms. The highest BCUT2D eigenvalue weighted by Crippen LogP contribution is 2.33. The molecule has 5 heteroatoms. The molecular formula is C22H22N2O2S. The molecule has 3 aromatic carbocycles. The van der Waals surface area contributed by atoms with Gasteiger partial charge in [-0.25, -0.2) is 13.1 Å². The highest BCUT2D eigenvalue weighted by Gasteiger charge is 2.32. The van der Waals surface area contributed by atoms with Gasteiger partial charge in [-0.05, 0) is 42.7 Å². The molecule has 0 amide bonds. The van der Waals surface area contributed by atoms with Gasteiger partial charge in [-0.3, -0.25) is 0 Å². The minimum absolute atomic E-state index is 0.138. The third kappa shape index (κ3) is 3.75. The number of fused-ring (bicyclic) bond motifs is 1. The van der Waals surface area contributed by atoms with E-state index in [-0.39, 0.29) is 12.1 Å². The van der Waals surface area contributed by atoms with E-state index in [0.29, 0.717) is 11.3 Å². The average Bonchev–Trinajstić information content (AvgIpc) is 2.68. The number of hydrogen-bond acceptors (Lipinski definition) is 3. The van der Waals surface area contributed by atoms with Gasteiger partial charge in [0.25, 0.3) is 0 Å². The lowest BCUT2D eigenvalue weighted by Crippen LogP contribution is -2.45. The Bertz CT molecular complexity index is 1030. The number of sulfonamides is 1. The maximum atomic E-state index is 13.0. The number of aryl methyl sites for hydroxylation is 1. The summed E-state index contributed by atoms with van der Waals surface area (Å²) in [5.74, 6) is 0. The average molecular weight is 378 g/mol. The van der Waals surface area contributed by atoms with E-state index >= 15 is 0 Å². The van der Waals surface area contributed by atoms with Crippen LogP contribution in [0.2, 0.25) is 0 Å². The lowest BCUT2D eigenvalue weighted by atomic mass is 9.89. The van der Waals surface area contributed by atoms with E-state index in [1.807, 2.05) is 73.7 Å². The minimum Gasteiger partial charge on any atom is -0.376 e. The van der Waals surface area contributed by atoms with Crippen molar-refractivity contribution in [3.63, 3.8) is 0 Å². The Kier molecular flexibility index (Phi) is 4.72. The molecule has 0 saturated heterocycles. The summed E-state index contributed by atoms with van der Waals surface area (Å²) < 4.78 is 28.9. The number of anilines is 1. The smallest absolute Gasteiger partial charge is 0.240 e. The Hall–Kier alpha value is -2.63. The zero-order chi connectivity index (χ0) is 18.9. The molecule has 3 aromatic rings. The van der Waals surface area contributed by atoms with Crippen molar-refractivity contribution in [3.8, 4) is 0 Å². The summed E-state index contributed by atoms with van der Waals surface area (Å²) >= 11 is 0. The van der Waals surface area contributed by atoms with E-state index in [1.165, 1.54) is 0 Å². The molecule has 0 aromatic heterocycles. The standard InChI is InChI=1S/C22H22N2O2S/c1-16-11-13-19(14-12-16)27(25,26)24-21-15-18-9-5-6-10-20(18)23-22(21)17-7-3-2-4-8-17/h2-14,21-24H,15H2,1H3/t21-,22-/m0/s1. The van der Waals surface area contributed by atoms with E-state index in [0.717, 1.165) is 22.4 Å². The van der Waals surface area contributed by atoms with Crippen molar-refractivity contribution in [1.29, 1.82) is 0 Å². The topological polar surface area (TPSA) is 58.2 Å². The number of nitrogens with one attached hydrogen (secondary N) is 2. The predicted molar refractivity (Wildman–Crippen MR) is 108 cm³/mol. The van der Waals surface area contributed by atoms with Gasteiger partial charge in [-0.15, -0.1) is 0 Å². The molecule has 0 unspecified atom stereocenters. The van der Waals surface area contributed by atoms with Crippen LogP contribution in [0, 0.1) is 6.92 Å². The van der Waals surface area contributed by atoms with Crippen LogP contribution >= 0.6 is 0 Å². The van der Waals surface area contributed by atoms with Crippen molar-refractivity contribution in [1.82, 2.24) is 4.72 Å². The first-order chi connectivity index (χ1) is 13.0. The Morgan fingerprint density at radius 1 is 0.889 bits per heavy atom. The van der Waals surface area contributed by atoms with Gasteiger partial charge in [-0.1, -0.05) is 66.2 Å². The van der Waals surface area contributed by atoms with Crippen molar-refractivity contribution in [2.75, 3.05) is 5.32 Å². The Morgan fingerprint density at radius 2 is 1.56 bits per heavy atom. The summed E-state index contributed by atoms with van der Waals surface area (Å²) in [7, 11) is -3.61. The Balaban J connectivity index is 1.69. The maximum Gasteiger partial charge on any atom is 0.240 e. The molecule has 0 bridgehead atoms. The molecule has 0 spiro atoms. The summed E-state index contributed by atoms with van der Waals surface area (Å²) in [6, 6.07) is 24.5. The maximum absolute atomic E-state index is 13.0. The van der Waals surface area contributed by atoms with Crippen LogP contribution in [0.15, 0.2) is 83.8 Å². The fourth-order valence-electron chi connectivity index (χ4n) is 3.53. The normalized spacial score (nSPS) is 19.1. The first kappa shape index (κ1) is 17.8. The molecule has 4 rings (SSSR count). The fourth-order valence-corrected chi connectivity index (χ4v) is 4.78. The second kappa shape index (κ2) is 7.18. The second-order valence-electron chi connectivity index (χ2n) is 6.93. The van der Waals surface area contributed by atoms with Crippen LogP contribution < -0.4 is 10.0 Å². The first-order valence-electron chi connectivity index (χ1n) is 9.01. The molecule has 0 radical (unpaired) electrons. The van der Waals surface area contributed by atoms with E-state index in [2.05, 4.69) is 10.0 Å². The molecule has 1 aliphatic rings. The SMILES string of the molecule is Cc1ccc(S(=O)(=O)N[C@H]2Cc3ccccc3N[C@H]2c2ccccc2)cc1. The van der Waals surface area contributed by atoms with Gasteiger partial charge >= 0.3 is 0 Å². The molecule has 2 atom stereocenters. The van der Waals surface area contributed by atoms with Crippen molar-refractivity contribution in [3.05, 3.63) is 95.6 Å². The van der Waals surface area contributed by atoms with E-state index in [4.69, 9.17) is 0 Å². The van der Waals surface area contributed by atoms with Gasteiger partial charge < -0.3 is 5.32 Å². The first-order valence-corrected chi connectivity index (χ1v) is 10.5. The third-order valence-electron chi connectivity index (χ3n) is 4.97. The van der Waals surface area contributed by atoms with E-state index in [1.54, 1.807) is 12.1 Å². The molecule has 0 saturated carbocycles. The largest absolute Gasteiger partial charge is 0.376 e. The lowest BCUT2D eigenvalue weighted by Gasteiger charge is -2.35. The van der Waals surface area contributed by atoms with Crippen LogP contribution in [0.3, 0.4) is 0 Å². The summed E-state index contributed by atoms with van der Waals surface area (Å²) in [6.07, 6.45) is 0.633. The quantitative estimate of drug-likeness (QED) is 0.720. The van der Waals surface area contributed by atoms with Crippen LogP contribution in [0.5, 0.6) is 0 Å². The van der Waals surface area contributed by atoms with Crippen molar-refractivity contribution >= 4 is 15.7 Å². The van der Waals surface area contributed by atoms with Crippen molar-refractivity contribution in [2.24, 2.45) is 0 Å². The molecule has 4 nitrogen and oxygen atoms in total. The Labute approximate surface area is 160 Å². The van der Waals surface area contributed by atoms with Crippen molar-refractivity contribution < 1.29 is 8.42 Å². The van der Waals surface area contributed by atoms with Gasteiger partial charge in [-0.2, -0.15) is 0 Å². The molecule has 0 aliphatic carbocycles. The van der Waals surface area contributed by atoms with E-state index in [9.17, 15) is 8.42 Å². The zero-order valence-corrected chi connectivity index (χ0v) is 15.9. The summed E-state index contributed by atoms with van der Waals surface area (Å²) in [4.78, 5) is 0.291. The summed E-state index contributed by atoms with van der Waals surface area (Å²) in [5.41, 5.74) is 4.26. The highest BCUT2D eigenvalue weighted by atomic mass is 32.2. The molecular weight excluding hydrogens is 356 g/mol. The van der Waals surface area contributed by atoms with Crippen LogP contribution in [-0.2, 0) is 16.4 Å². The fraction of sp³-hybridized carbons (Fsp3) is 0.182.